The number of carbonyl (C=O) groups is 4. The Bertz CT molecular complexity index is 2210. The Morgan fingerprint density at radius 3 is 2.62 bits per heavy atom. The number of fused-ring (bicyclic) bond motifs is 2. The molecule has 0 unspecified atom stereocenters. The van der Waals surface area contributed by atoms with Crippen molar-refractivity contribution in [2.75, 3.05) is 31.8 Å². The minimum absolute atomic E-state index is 0.0296. The van der Waals surface area contributed by atoms with Crippen LogP contribution in [0.4, 0.5) is 0 Å². The average Bonchev–Trinajstić information content (AvgIpc) is 3.88. The van der Waals surface area contributed by atoms with Crippen molar-refractivity contribution in [1.82, 2.24) is 10.2 Å². The van der Waals surface area contributed by atoms with Gasteiger partial charge in [-0.1, -0.05) is 69.4 Å². The van der Waals surface area contributed by atoms with Crippen LogP contribution in [0.15, 0.2) is 70.2 Å². The van der Waals surface area contributed by atoms with E-state index in [0.29, 0.717) is 52.5 Å². The van der Waals surface area contributed by atoms with Crippen molar-refractivity contribution < 1.29 is 41.5 Å². The van der Waals surface area contributed by atoms with E-state index in [9.17, 15) is 27.6 Å². The van der Waals surface area contributed by atoms with Crippen LogP contribution in [0.1, 0.15) is 75.9 Å². The molecule has 0 saturated carbocycles. The Morgan fingerprint density at radius 2 is 1.84 bits per heavy atom. The monoisotopic (exact) mass is 860 g/mol. The van der Waals surface area contributed by atoms with E-state index in [0.717, 1.165) is 30.9 Å². The lowest BCUT2D eigenvalue weighted by Gasteiger charge is -2.30. The largest absolute Gasteiger partial charge is 0.466 e. The summed E-state index contributed by atoms with van der Waals surface area (Å²) in [5.74, 6) is -0.811. The number of sulfone groups is 1. The maximum absolute atomic E-state index is 13.9. The molecule has 0 radical (unpaired) electrons. The molecule has 11 nitrogen and oxygen atoms in total. The number of hydrogen-bond acceptors (Lipinski definition) is 11. The van der Waals surface area contributed by atoms with Gasteiger partial charge in [0.2, 0.25) is 0 Å². The SMILES string of the molecule is CS(=O)(=O)c1cccc(C[C@H](NC(=O)c2c(Cl)cc3c(c2Cl)CCN(C(=O)c2ccc4ccoc4c2)C3)C(=O)OCCCOC(=O)CCCC[C@@H]2CCSS2)c1. The predicted octanol–water partition coefficient (Wildman–Crippen LogP) is 7.87. The molecule has 3 aromatic carbocycles. The van der Waals surface area contributed by atoms with E-state index in [1.54, 1.807) is 41.5 Å². The first-order chi connectivity index (χ1) is 26.9. The molecule has 2 amide bonds. The van der Waals surface area contributed by atoms with Gasteiger partial charge in [-0.3, -0.25) is 14.4 Å². The van der Waals surface area contributed by atoms with Gasteiger partial charge >= 0.3 is 11.9 Å². The molecular formula is C40H42Cl2N2O9S3. The van der Waals surface area contributed by atoms with Crippen LogP contribution in [-0.4, -0.2) is 80.1 Å². The smallest absolute Gasteiger partial charge is 0.328 e. The Labute approximate surface area is 343 Å². The summed E-state index contributed by atoms with van der Waals surface area (Å²) < 4.78 is 40.8. The Morgan fingerprint density at radius 1 is 1.02 bits per heavy atom. The zero-order valence-corrected chi connectivity index (χ0v) is 34.7. The van der Waals surface area contributed by atoms with Crippen LogP contribution in [0.5, 0.6) is 0 Å². The number of hydrogen-bond donors (Lipinski definition) is 1. The third-order valence-corrected chi connectivity index (χ3v) is 14.5. The highest BCUT2D eigenvalue weighted by Crippen LogP contribution is 2.40. The number of ether oxygens (including phenoxy) is 2. The van der Waals surface area contributed by atoms with E-state index in [2.05, 4.69) is 5.32 Å². The van der Waals surface area contributed by atoms with Crippen molar-refractivity contribution in [2.45, 2.75) is 74.1 Å². The van der Waals surface area contributed by atoms with Crippen LogP contribution >= 0.6 is 44.8 Å². The number of carbonyl (C=O) groups excluding carboxylic acids is 4. The topological polar surface area (TPSA) is 149 Å². The van der Waals surface area contributed by atoms with Gasteiger partial charge in [0.05, 0.1) is 40.0 Å². The lowest BCUT2D eigenvalue weighted by molar-refractivity contribution is -0.147. The van der Waals surface area contributed by atoms with Crippen LogP contribution in [0, 0.1) is 0 Å². The summed E-state index contributed by atoms with van der Waals surface area (Å²) in [6.45, 7) is 0.538. The van der Waals surface area contributed by atoms with Gasteiger partial charge < -0.3 is 24.1 Å². The molecule has 1 fully saturated rings. The number of furan rings is 1. The Balaban J connectivity index is 1.09. The van der Waals surface area contributed by atoms with Crippen LogP contribution in [0.25, 0.3) is 11.0 Å². The number of esters is 2. The van der Waals surface area contributed by atoms with Crippen LogP contribution in [-0.2, 0) is 48.3 Å². The fourth-order valence-electron chi connectivity index (χ4n) is 6.66. The van der Waals surface area contributed by atoms with Gasteiger partial charge in [-0.05, 0) is 78.8 Å². The third-order valence-electron chi connectivity index (χ3n) is 9.66. The van der Waals surface area contributed by atoms with Crippen LogP contribution in [0.3, 0.4) is 0 Å². The molecule has 4 aromatic rings. The van der Waals surface area contributed by atoms with Crippen molar-refractivity contribution in [3.8, 4) is 0 Å². The van der Waals surface area contributed by atoms with Gasteiger partial charge in [0.25, 0.3) is 11.8 Å². The fourth-order valence-corrected chi connectivity index (χ4v) is 11.1. The second-order valence-electron chi connectivity index (χ2n) is 13.8. The molecule has 0 bridgehead atoms. The minimum Gasteiger partial charge on any atom is -0.466 e. The fraction of sp³-hybridized carbons (Fsp3) is 0.400. The number of unbranched alkanes of at least 4 members (excludes halogenated alkanes) is 1. The van der Waals surface area contributed by atoms with Crippen molar-refractivity contribution >= 4 is 89.3 Å². The first-order valence-electron chi connectivity index (χ1n) is 18.3. The van der Waals surface area contributed by atoms with Crippen molar-refractivity contribution in [1.29, 1.82) is 0 Å². The molecule has 56 heavy (non-hydrogen) atoms. The van der Waals surface area contributed by atoms with Crippen molar-refractivity contribution in [3.63, 3.8) is 0 Å². The molecule has 0 aliphatic carbocycles. The zero-order chi connectivity index (χ0) is 39.8. The molecule has 16 heteroatoms. The van der Waals surface area contributed by atoms with E-state index in [-0.39, 0.29) is 65.0 Å². The minimum atomic E-state index is -3.55. The standard InChI is InChI=1S/C40H42Cl2N2O9S3/c1-56(49,50)30-8-4-6-25(20-30)21-33(40(48)53-17-5-16-52-35(45)9-3-2-7-29-14-19-54-55-29)43-38(46)36-32(41)22-28-24-44(15-12-31(28)37(36)42)39(47)27-11-10-26-13-18-51-34(26)23-27/h4,6,8,10-11,13,18,20,22-23,29,33H,2-3,5,7,9,12,14-17,19,21,24H2,1H3,(H,43,46)/t29-,33+/m1/s1. The molecule has 1 saturated heterocycles. The third kappa shape index (κ3) is 10.8. The van der Waals surface area contributed by atoms with Crippen LogP contribution in [0.2, 0.25) is 10.0 Å². The lowest BCUT2D eigenvalue weighted by atomic mass is 9.95. The molecule has 1 aromatic heterocycles. The second-order valence-corrected chi connectivity index (χ2v) is 19.4. The molecule has 3 heterocycles. The quantitative estimate of drug-likeness (QED) is 0.0667. The lowest BCUT2D eigenvalue weighted by Crippen LogP contribution is -2.44. The van der Waals surface area contributed by atoms with E-state index >= 15 is 0 Å². The average molecular weight is 862 g/mol. The number of rotatable bonds is 16. The van der Waals surface area contributed by atoms with E-state index in [1.807, 2.05) is 33.7 Å². The molecule has 298 valence electrons. The van der Waals surface area contributed by atoms with Crippen LogP contribution < -0.4 is 5.32 Å². The van der Waals surface area contributed by atoms with Crippen molar-refractivity contribution in [3.05, 3.63) is 98.7 Å². The number of nitrogens with zero attached hydrogens (tertiary/aromatic N) is 1. The zero-order valence-electron chi connectivity index (χ0n) is 30.7. The maximum atomic E-state index is 13.9. The Kier molecular flexibility index (Phi) is 14.4. The normalized spacial score (nSPS) is 16.0. The van der Waals surface area contributed by atoms with E-state index < -0.39 is 27.8 Å². The van der Waals surface area contributed by atoms with Gasteiger partial charge in [-0.2, -0.15) is 0 Å². The highest BCUT2D eigenvalue weighted by molar-refractivity contribution is 8.77. The summed E-state index contributed by atoms with van der Waals surface area (Å²) in [4.78, 5) is 54.7. The number of benzene rings is 3. The molecule has 2 aliphatic rings. The summed E-state index contributed by atoms with van der Waals surface area (Å²) >= 11 is 13.5. The predicted molar refractivity (Wildman–Crippen MR) is 219 cm³/mol. The molecule has 2 atom stereocenters. The number of amides is 2. The van der Waals surface area contributed by atoms with E-state index in [1.165, 1.54) is 24.3 Å². The number of halogens is 2. The molecule has 2 aliphatic heterocycles. The first kappa shape index (κ1) is 41.9. The highest BCUT2D eigenvalue weighted by Gasteiger charge is 2.31. The van der Waals surface area contributed by atoms with Gasteiger partial charge in [0.1, 0.15) is 11.6 Å². The van der Waals surface area contributed by atoms with Gasteiger partial charge in [-0.25, -0.2) is 13.2 Å². The van der Waals surface area contributed by atoms with Gasteiger partial charge in [0, 0.05) is 60.6 Å². The highest BCUT2D eigenvalue weighted by atomic mass is 35.5. The van der Waals surface area contributed by atoms with Gasteiger partial charge in [0.15, 0.2) is 9.84 Å². The molecule has 0 spiro atoms. The first-order valence-corrected chi connectivity index (χ1v) is 23.4. The summed E-state index contributed by atoms with van der Waals surface area (Å²) in [5, 5.41) is 4.39. The molecular weight excluding hydrogens is 820 g/mol. The summed E-state index contributed by atoms with van der Waals surface area (Å²) in [6.07, 6.45) is 7.52. The van der Waals surface area contributed by atoms with Gasteiger partial charge in [-0.15, -0.1) is 0 Å². The summed E-state index contributed by atoms with van der Waals surface area (Å²) in [7, 11) is 0.272. The summed E-state index contributed by atoms with van der Waals surface area (Å²) in [5.41, 5.74) is 2.86. The molecule has 1 N–H and O–H groups in total. The Hall–Kier alpha value is -3.69. The van der Waals surface area contributed by atoms with E-state index in [4.69, 9.17) is 37.1 Å². The number of nitrogens with one attached hydrogen (secondary N) is 1. The van der Waals surface area contributed by atoms with Crippen molar-refractivity contribution in [2.24, 2.45) is 0 Å². The maximum Gasteiger partial charge on any atom is 0.328 e. The summed E-state index contributed by atoms with van der Waals surface area (Å²) in [6, 6.07) is 13.5. The molecule has 6 rings (SSSR count). The second kappa shape index (κ2) is 19.2.